The van der Waals surface area contributed by atoms with Crippen molar-refractivity contribution in [1.82, 2.24) is 4.90 Å². The van der Waals surface area contributed by atoms with Crippen molar-refractivity contribution in [1.29, 1.82) is 0 Å². The molecule has 1 saturated heterocycles. The largest absolute Gasteiger partial charge is 0.481 e. The number of carboxylic acid groups (broad SMARTS) is 1. The molecule has 0 aromatic rings. The highest BCUT2D eigenvalue weighted by Gasteiger charge is 2.54. The van der Waals surface area contributed by atoms with Crippen molar-refractivity contribution in [3.05, 3.63) is 0 Å². The summed E-state index contributed by atoms with van der Waals surface area (Å²) in [6.07, 6.45) is -0.0494. The van der Waals surface area contributed by atoms with Crippen molar-refractivity contribution < 1.29 is 23.5 Å². The van der Waals surface area contributed by atoms with Gasteiger partial charge in [-0.2, -0.15) is 0 Å². The number of hydrogen-bond acceptors (Lipinski definition) is 2. The summed E-state index contributed by atoms with van der Waals surface area (Å²) in [4.78, 5) is 23.4. The van der Waals surface area contributed by atoms with Crippen LogP contribution in [0.2, 0.25) is 0 Å². The van der Waals surface area contributed by atoms with Crippen LogP contribution in [0.5, 0.6) is 0 Å². The average molecular weight is 233 g/mol. The third-order valence-electron chi connectivity index (χ3n) is 3.24. The number of likely N-dealkylation sites (tertiary alicyclic amines) is 1. The molecule has 0 aromatic heterocycles. The molecular formula is C10H13F2NO3. The first kappa shape index (κ1) is 11.3. The lowest BCUT2D eigenvalue weighted by atomic mass is 10.2. The van der Waals surface area contributed by atoms with E-state index < -0.39 is 42.2 Å². The van der Waals surface area contributed by atoms with Crippen LogP contribution in [-0.2, 0) is 9.59 Å². The Hall–Kier alpha value is -1.20. The van der Waals surface area contributed by atoms with Crippen LogP contribution in [0.25, 0.3) is 0 Å². The molecule has 2 fully saturated rings. The van der Waals surface area contributed by atoms with Gasteiger partial charge >= 0.3 is 5.97 Å². The topological polar surface area (TPSA) is 57.6 Å². The summed E-state index contributed by atoms with van der Waals surface area (Å²) >= 11 is 0. The van der Waals surface area contributed by atoms with Crippen LogP contribution < -0.4 is 0 Å². The fraction of sp³-hybridized carbons (Fsp3) is 0.800. The molecule has 0 bridgehead atoms. The predicted molar refractivity (Wildman–Crippen MR) is 50.0 cm³/mol. The number of hydrogen-bond donors (Lipinski definition) is 1. The highest BCUT2D eigenvalue weighted by atomic mass is 19.3. The molecule has 1 heterocycles. The Bertz CT molecular complexity index is 345. The first-order chi connectivity index (χ1) is 7.32. The number of amides is 1. The summed E-state index contributed by atoms with van der Waals surface area (Å²) in [6.45, 7) is 0.993. The zero-order chi connectivity index (χ0) is 12.1. The van der Waals surface area contributed by atoms with Crippen molar-refractivity contribution in [3.63, 3.8) is 0 Å². The van der Waals surface area contributed by atoms with E-state index in [9.17, 15) is 18.4 Å². The van der Waals surface area contributed by atoms with Crippen LogP contribution in [0.4, 0.5) is 8.78 Å². The van der Waals surface area contributed by atoms with E-state index in [1.807, 2.05) is 0 Å². The van der Waals surface area contributed by atoms with E-state index in [0.29, 0.717) is 0 Å². The molecule has 6 heteroatoms. The molecule has 2 aliphatic rings. The van der Waals surface area contributed by atoms with E-state index in [2.05, 4.69) is 0 Å². The minimum atomic E-state index is -2.83. The molecule has 0 radical (unpaired) electrons. The van der Waals surface area contributed by atoms with Crippen LogP contribution in [0.15, 0.2) is 0 Å². The van der Waals surface area contributed by atoms with Gasteiger partial charge in [-0.1, -0.05) is 0 Å². The Morgan fingerprint density at radius 3 is 2.38 bits per heavy atom. The Morgan fingerprint density at radius 2 is 2.00 bits per heavy atom. The van der Waals surface area contributed by atoms with Crippen molar-refractivity contribution in [2.75, 3.05) is 6.54 Å². The van der Waals surface area contributed by atoms with E-state index in [1.165, 1.54) is 0 Å². The van der Waals surface area contributed by atoms with Gasteiger partial charge < -0.3 is 10.0 Å². The molecule has 3 atom stereocenters. The first-order valence-corrected chi connectivity index (χ1v) is 5.23. The van der Waals surface area contributed by atoms with Crippen LogP contribution in [0.1, 0.15) is 19.8 Å². The van der Waals surface area contributed by atoms with Gasteiger partial charge in [-0.3, -0.25) is 9.59 Å². The molecule has 1 unspecified atom stereocenters. The molecule has 4 nitrogen and oxygen atoms in total. The number of alkyl halides is 2. The molecule has 1 N–H and O–H groups in total. The van der Waals surface area contributed by atoms with Gasteiger partial charge in [-0.25, -0.2) is 8.78 Å². The van der Waals surface area contributed by atoms with E-state index in [1.54, 1.807) is 6.92 Å². The monoisotopic (exact) mass is 233 g/mol. The van der Waals surface area contributed by atoms with Gasteiger partial charge in [0.05, 0.1) is 18.4 Å². The standard InChI is InChI=1S/C10H13F2NO3/c1-5-3-10(11,12)4-13(5)8(14)6-2-7(6)9(15)16/h5-7H,2-4H2,1H3,(H,15,16)/t5?,6-,7-/m1/s1. The third kappa shape index (κ3) is 1.88. The first-order valence-electron chi connectivity index (χ1n) is 5.23. The Morgan fingerprint density at radius 1 is 1.38 bits per heavy atom. The van der Waals surface area contributed by atoms with Gasteiger partial charge in [0.15, 0.2) is 0 Å². The molecule has 90 valence electrons. The second-order valence-electron chi connectivity index (χ2n) is 4.66. The summed E-state index contributed by atoms with van der Waals surface area (Å²) in [6, 6.07) is -0.502. The molecule has 0 spiro atoms. The summed E-state index contributed by atoms with van der Waals surface area (Å²) in [5.74, 6) is -5.54. The van der Waals surface area contributed by atoms with Gasteiger partial charge in [0.2, 0.25) is 5.91 Å². The summed E-state index contributed by atoms with van der Waals surface area (Å²) in [5.41, 5.74) is 0. The minimum Gasteiger partial charge on any atom is -0.481 e. The number of carbonyl (C=O) groups is 2. The van der Waals surface area contributed by atoms with Gasteiger partial charge in [0.25, 0.3) is 5.92 Å². The van der Waals surface area contributed by atoms with Crippen molar-refractivity contribution in [3.8, 4) is 0 Å². The number of nitrogens with zero attached hydrogens (tertiary/aromatic N) is 1. The lowest BCUT2D eigenvalue weighted by Crippen LogP contribution is -2.37. The summed E-state index contributed by atoms with van der Waals surface area (Å²) < 4.78 is 26.1. The molecular weight excluding hydrogens is 220 g/mol. The fourth-order valence-corrected chi connectivity index (χ4v) is 2.26. The second kappa shape index (κ2) is 3.40. The Balaban J connectivity index is 2.00. The van der Waals surface area contributed by atoms with Crippen molar-refractivity contribution in [2.45, 2.75) is 31.7 Å². The predicted octanol–water partition coefficient (Wildman–Crippen LogP) is 0.963. The van der Waals surface area contributed by atoms with Crippen LogP contribution in [0.3, 0.4) is 0 Å². The normalized spacial score (nSPS) is 36.2. The number of halogens is 2. The van der Waals surface area contributed by atoms with Crippen LogP contribution in [0, 0.1) is 11.8 Å². The van der Waals surface area contributed by atoms with Crippen molar-refractivity contribution >= 4 is 11.9 Å². The molecule has 1 amide bonds. The lowest BCUT2D eigenvalue weighted by Gasteiger charge is -2.20. The lowest BCUT2D eigenvalue weighted by molar-refractivity contribution is -0.142. The summed E-state index contributed by atoms with van der Waals surface area (Å²) in [7, 11) is 0. The number of carboxylic acids is 1. The second-order valence-corrected chi connectivity index (χ2v) is 4.66. The van der Waals surface area contributed by atoms with Gasteiger partial charge in [-0.05, 0) is 13.3 Å². The Labute approximate surface area is 91.2 Å². The minimum absolute atomic E-state index is 0.281. The van der Waals surface area contributed by atoms with E-state index in [-0.39, 0.29) is 12.8 Å². The van der Waals surface area contributed by atoms with Crippen molar-refractivity contribution in [2.24, 2.45) is 11.8 Å². The van der Waals surface area contributed by atoms with Crippen LogP contribution in [-0.4, -0.2) is 40.4 Å². The maximum Gasteiger partial charge on any atom is 0.307 e. The van der Waals surface area contributed by atoms with Gasteiger partial charge in [0, 0.05) is 12.5 Å². The average Bonchev–Trinajstić information content (AvgIpc) is 2.87. The quantitative estimate of drug-likeness (QED) is 0.773. The number of aliphatic carboxylic acids is 1. The fourth-order valence-electron chi connectivity index (χ4n) is 2.26. The smallest absolute Gasteiger partial charge is 0.307 e. The Kier molecular flexibility index (Phi) is 2.40. The SMILES string of the molecule is CC1CC(F)(F)CN1C(=O)[C@@H]1C[C@H]1C(=O)O. The van der Waals surface area contributed by atoms with E-state index in [4.69, 9.17) is 5.11 Å². The molecule has 0 aromatic carbocycles. The van der Waals surface area contributed by atoms with E-state index in [0.717, 1.165) is 4.90 Å². The number of rotatable bonds is 2. The molecule has 1 aliphatic carbocycles. The van der Waals surface area contributed by atoms with E-state index >= 15 is 0 Å². The highest BCUT2D eigenvalue weighted by molar-refractivity contribution is 5.89. The highest BCUT2D eigenvalue weighted by Crippen LogP contribution is 2.42. The van der Waals surface area contributed by atoms with Gasteiger partial charge in [-0.15, -0.1) is 0 Å². The molecule has 2 rings (SSSR count). The molecule has 1 aliphatic heterocycles. The zero-order valence-corrected chi connectivity index (χ0v) is 8.82. The van der Waals surface area contributed by atoms with Crippen LogP contribution >= 0.6 is 0 Å². The maximum atomic E-state index is 13.0. The zero-order valence-electron chi connectivity index (χ0n) is 8.82. The maximum absolute atomic E-state index is 13.0. The molecule has 16 heavy (non-hydrogen) atoms. The van der Waals surface area contributed by atoms with Gasteiger partial charge in [0.1, 0.15) is 0 Å². The molecule has 1 saturated carbocycles. The number of carbonyl (C=O) groups excluding carboxylic acids is 1. The summed E-state index contributed by atoms with van der Waals surface area (Å²) in [5, 5.41) is 8.67. The third-order valence-corrected chi connectivity index (χ3v) is 3.24.